The van der Waals surface area contributed by atoms with E-state index in [1.165, 1.54) is 0 Å². The first-order valence-electron chi connectivity index (χ1n) is 24.0. The predicted molar refractivity (Wildman–Crippen MR) is 286 cm³/mol. The van der Waals surface area contributed by atoms with Gasteiger partial charge in [-0.25, -0.2) is 0 Å². The summed E-state index contributed by atoms with van der Waals surface area (Å²) in [5.74, 6) is 2.45. The summed E-state index contributed by atoms with van der Waals surface area (Å²) < 4.78 is 17.2. The molecule has 0 aliphatic heterocycles. The summed E-state index contributed by atoms with van der Waals surface area (Å²) >= 11 is 0. The number of aromatic nitrogens is 6. The molecule has 0 saturated heterocycles. The van der Waals surface area contributed by atoms with Gasteiger partial charge in [0.2, 0.25) is 23.8 Å². The highest BCUT2D eigenvalue weighted by molar-refractivity contribution is 6.04. The molecule has 19 heteroatoms. The molecule has 0 fully saturated rings. The van der Waals surface area contributed by atoms with E-state index in [0.717, 1.165) is 55.5 Å². The van der Waals surface area contributed by atoms with Crippen molar-refractivity contribution < 1.29 is 24.4 Å². The van der Waals surface area contributed by atoms with Crippen LogP contribution in [0.15, 0.2) is 105 Å². The number of phenols is 2. The Balaban J connectivity index is 0.756. The van der Waals surface area contributed by atoms with Crippen molar-refractivity contribution in [2.45, 2.75) is 55.4 Å². The van der Waals surface area contributed by atoms with Crippen molar-refractivity contribution in [2.24, 2.45) is 20.5 Å². The molecule has 6 aromatic carbocycles. The van der Waals surface area contributed by atoms with Gasteiger partial charge in [-0.15, -0.1) is 10.2 Å². The van der Waals surface area contributed by atoms with Crippen LogP contribution in [0.1, 0.15) is 45.0 Å². The molecule has 0 amide bonds. The quantitative estimate of drug-likeness (QED) is 0.0273. The molecule has 0 bridgehead atoms. The van der Waals surface area contributed by atoms with E-state index in [1.54, 1.807) is 13.8 Å². The molecule has 0 atom stereocenters. The van der Waals surface area contributed by atoms with Crippen LogP contribution in [0.4, 0.5) is 57.9 Å². The van der Waals surface area contributed by atoms with Gasteiger partial charge in [-0.3, -0.25) is 0 Å². The van der Waals surface area contributed by atoms with Crippen molar-refractivity contribution in [1.29, 1.82) is 0 Å². The number of benzene rings is 6. The summed E-state index contributed by atoms with van der Waals surface area (Å²) in [5.41, 5.74) is 9.03. The van der Waals surface area contributed by atoms with Crippen molar-refractivity contribution in [3.63, 3.8) is 0 Å². The molecular weight excluding hydrogens is 925 g/mol. The van der Waals surface area contributed by atoms with E-state index in [4.69, 9.17) is 14.2 Å². The zero-order chi connectivity index (χ0) is 51.4. The molecule has 6 N–H and O–H groups in total. The number of fused-ring (bicyclic) bond motifs is 2. The normalized spacial score (nSPS) is 11.6. The van der Waals surface area contributed by atoms with Gasteiger partial charge < -0.3 is 45.7 Å². The minimum atomic E-state index is 0.0124. The number of anilines is 6. The zero-order valence-corrected chi connectivity index (χ0v) is 42.3. The van der Waals surface area contributed by atoms with Crippen molar-refractivity contribution in [1.82, 2.24) is 29.9 Å². The number of rotatable bonds is 22. The summed E-state index contributed by atoms with van der Waals surface area (Å²) in [4.78, 5) is 27.1. The Morgan fingerprint density at radius 1 is 0.425 bits per heavy atom. The number of aromatic hydroxyl groups is 2. The molecule has 73 heavy (non-hydrogen) atoms. The van der Waals surface area contributed by atoms with Gasteiger partial charge in [0.1, 0.15) is 23.0 Å². The second-order valence-electron chi connectivity index (χ2n) is 17.6. The molecule has 8 aromatic rings. The maximum atomic E-state index is 11.6. The highest BCUT2D eigenvalue weighted by Crippen LogP contribution is 2.45. The fourth-order valence-corrected chi connectivity index (χ4v) is 8.09. The first-order valence-corrected chi connectivity index (χ1v) is 24.0. The number of nitrogens with zero attached hydrogens (tertiary/aromatic N) is 10. The SMILES string of the molecule is Cc1cc(Nc2nc(C)nc(NCCOCCOCCOCCNc3nc(C)nc(Nc4cc(C)cc5cc(C)c(N=Nc6ccccc6C)c(O)c45)n3)n2)c2c(O)c(N=Nc3ccccc3C)c(C)cc2c1. The molecular formula is C54H60N14O5. The van der Waals surface area contributed by atoms with Gasteiger partial charge in [-0.1, -0.05) is 48.5 Å². The minimum Gasteiger partial charge on any atom is -0.505 e. The Labute approximate surface area is 423 Å². The zero-order valence-electron chi connectivity index (χ0n) is 42.3. The standard InChI is InChI=1S/C54H60N14O5/c1-31-25-39-29-35(5)47(67-65-41-15-11-9-13-33(41)3)49(69)45(39)43(27-31)61-53-59-37(7)57-51(63-53)55-17-19-71-21-23-73-24-22-72-20-18-56-52-58-38(8)60-54(64-52)62-44-28-32(2)26-40-30-36(6)48(50(70)46(40)44)68-66-42-16-12-10-14-34(42)4/h9-16,25-30,69-70H,17-24H2,1-8H3,(H2,55,57,59,61,63)(H2,56,58,60,62,64). The Morgan fingerprint density at radius 2 is 0.808 bits per heavy atom. The van der Waals surface area contributed by atoms with E-state index in [9.17, 15) is 10.2 Å². The molecule has 8 rings (SSSR count). The van der Waals surface area contributed by atoms with Gasteiger partial charge in [-0.05, 0) is 136 Å². The number of ether oxygens (including phenoxy) is 3. The van der Waals surface area contributed by atoms with Gasteiger partial charge in [-0.2, -0.15) is 40.1 Å². The Bertz CT molecular complexity index is 3110. The largest absolute Gasteiger partial charge is 0.505 e. The first-order chi connectivity index (χ1) is 35.3. The van der Waals surface area contributed by atoms with Crippen molar-refractivity contribution in [3.05, 3.63) is 130 Å². The van der Waals surface area contributed by atoms with Gasteiger partial charge in [0.05, 0.1) is 62.4 Å². The lowest BCUT2D eigenvalue weighted by Crippen LogP contribution is -2.17. The average Bonchev–Trinajstić information content (AvgIpc) is 3.33. The third-order valence-corrected chi connectivity index (χ3v) is 11.6. The van der Waals surface area contributed by atoms with Gasteiger partial charge >= 0.3 is 0 Å². The van der Waals surface area contributed by atoms with Crippen LogP contribution >= 0.6 is 0 Å². The fourth-order valence-electron chi connectivity index (χ4n) is 8.09. The van der Waals surface area contributed by atoms with E-state index in [2.05, 4.69) is 71.6 Å². The topological polar surface area (TPSA) is 243 Å². The summed E-state index contributed by atoms with van der Waals surface area (Å²) in [6, 6.07) is 27.3. The van der Waals surface area contributed by atoms with Crippen LogP contribution < -0.4 is 21.3 Å². The Hall–Kier alpha value is -8.26. The van der Waals surface area contributed by atoms with E-state index in [1.807, 2.05) is 126 Å². The highest BCUT2D eigenvalue weighted by atomic mass is 16.5. The lowest BCUT2D eigenvalue weighted by molar-refractivity contribution is 0.0183. The summed E-state index contributed by atoms with van der Waals surface area (Å²) in [5, 5.41) is 56.8. The van der Waals surface area contributed by atoms with Crippen molar-refractivity contribution >= 4 is 79.5 Å². The van der Waals surface area contributed by atoms with E-state index < -0.39 is 0 Å². The van der Waals surface area contributed by atoms with Crippen LogP contribution in [0.25, 0.3) is 21.5 Å². The van der Waals surface area contributed by atoms with Crippen molar-refractivity contribution in [3.8, 4) is 11.5 Å². The Kier molecular flexibility index (Phi) is 16.6. The average molecular weight is 985 g/mol. The first kappa shape index (κ1) is 51.1. The molecule has 0 spiro atoms. The smallest absolute Gasteiger partial charge is 0.232 e. The van der Waals surface area contributed by atoms with Gasteiger partial charge in [0, 0.05) is 23.9 Å². The van der Waals surface area contributed by atoms with Crippen molar-refractivity contribution in [2.75, 3.05) is 74.0 Å². The monoisotopic (exact) mass is 984 g/mol. The molecule has 0 aliphatic carbocycles. The van der Waals surface area contributed by atoms with E-state index in [-0.39, 0.29) is 11.5 Å². The number of phenolic OH excluding ortho intramolecular Hbond substituents is 2. The number of azo groups is 2. The molecule has 2 aromatic heterocycles. The number of hydrogen-bond acceptors (Lipinski definition) is 19. The number of nitrogens with one attached hydrogen (secondary N) is 4. The third-order valence-electron chi connectivity index (χ3n) is 11.6. The summed E-state index contributed by atoms with van der Waals surface area (Å²) in [6.07, 6.45) is 0. The van der Waals surface area contributed by atoms with Crippen LogP contribution in [-0.4, -0.2) is 92.8 Å². The van der Waals surface area contributed by atoms with E-state index >= 15 is 0 Å². The molecule has 0 radical (unpaired) electrons. The molecule has 2 heterocycles. The predicted octanol–water partition coefficient (Wildman–Crippen LogP) is 12.1. The lowest BCUT2D eigenvalue weighted by Gasteiger charge is -2.15. The molecule has 19 nitrogen and oxygen atoms in total. The second kappa shape index (κ2) is 23.8. The van der Waals surface area contributed by atoms with Crippen LogP contribution in [-0.2, 0) is 14.2 Å². The maximum absolute atomic E-state index is 11.6. The fraction of sp³-hybridized carbons (Fsp3) is 0.296. The highest BCUT2D eigenvalue weighted by Gasteiger charge is 2.18. The van der Waals surface area contributed by atoms with Crippen LogP contribution in [0, 0.1) is 55.4 Å². The second-order valence-corrected chi connectivity index (χ2v) is 17.6. The molecule has 376 valence electrons. The van der Waals surface area contributed by atoms with Crippen LogP contribution in [0.3, 0.4) is 0 Å². The van der Waals surface area contributed by atoms with Gasteiger partial charge in [0.25, 0.3) is 0 Å². The number of aryl methyl sites for hydroxylation is 8. The van der Waals surface area contributed by atoms with Gasteiger partial charge in [0.15, 0.2) is 11.5 Å². The van der Waals surface area contributed by atoms with E-state index in [0.29, 0.717) is 122 Å². The molecule has 0 saturated carbocycles. The lowest BCUT2D eigenvalue weighted by atomic mass is 10.0. The third kappa shape index (κ3) is 13.2. The summed E-state index contributed by atoms with van der Waals surface area (Å²) in [7, 11) is 0. The van der Waals surface area contributed by atoms with Crippen LogP contribution in [0.2, 0.25) is 0 Å². The maximum Gasteiger partial charge on any atom is 0.232 e. The van der Waals surface area contributed by atoms with Crippen LogP contribution in [0.5, 0.6) is 11.5 Å². The molecule has 0 aliphatic rings. The molecule has 0 unspecified atom stereocenters. The Morgan fingerprint density at radius 3 is 1.22 bits per heavy atom. The summed E-state index contributed by atoms with van der Waals surface area (Å²) in [6.45, 7) is 18.6. The number of hydrogen-bond donors (Lipinski definition) is 6. The minimum absolute atomic E-state index is 0.0124.